The van der Waals surface area contributed by atoms with E-state index in [0.29, 0.717) is 5.69 Å². The van der Waals surface area contributed by atoms with Gasteiger partial charge < -0.3 is 5.32 Å². The molecular weight excluding hydrogens is 372 g/mol. The van der Waals surface area contributed by atoms with Crippen molar-refractivity contribution in [3.63, 3.8) is 0 Å². The van der Waals surface area contributed by atoms with Crippen molar-refractivity contribution in [1.82, 2.24) is 5.32 Å². The smallest absolute Gasteiger partial charge is 0.247 e. The second-order valence-corrected chi connectivity index (χ2v) is 8.09. The summed E-state index contributed by atoms with van der Waals surface area (Å²) in [5, 5.41) is 2.47. The highest BCUT2D eigenvalue weighted by Crippen LogP contribution is 2.29. The van der Waals surface area contributed by atoms with E-state index >= 15 is 0 Å². The third-order valence-corrected chi connectivity index (χ3v) is 5.85. The summed E-state index contributed by atoms with van der Waals surface area (Å²) < 4.78 is 0. The molecule has 2 aromatic carbocycles. The van der Waals surface area contributed by atoms with Crippen molar-refractivity contribution in [1.29, 1.82) is 0 Å². The lowest BCUT2D eigenvalue weighted by Gasteiger charge is -2.16. The Morgan fingerprint density at radius 1 is 1.11 bits per heavy atom. The number of nitrogens with one attached hydrogen (secondary N) is 1. The molecule has 3 amide bonds. The average molecular weight is 397 g/mol. The second kappa shape index (κ2) is 9.55. The number of benzene rings is 2. The molecule has 0 saturated carbocycles. The number of nitrogens with zero attached hydrogens (tertiary/aromatic N) is 1. The zero-order valence-electron chi connectivity index (χ0n) is 15.8. The molecule has 1 fully saturated rings. The lowest BCUT2D eigenvalue weighted by molar-refractivity contribution is -0.121. The summed E-state index contributed by atoms with van der Waals surface area (Å²) in [6.45, 7) is 1.98. The molecule has 0 spiro atoms. The molecule has 0 aliphatic carbocycles. The van der Waals surface area contributed by atoms with Crippen molar-refractivity contribution in [2.75, 3.05) is 10.7 Å². The molecule has 1 N–H and O–H groups in total. The van der Waals surface area contributed by atoms with Gasteiger partial charge in [-0.05, 0) is 37.5 Å². The van der Waals surface area contributed by atoms with Gasteiger partial charge in [0.15, 0.2) is 0 Å². The molecule has 0 aromatic heterocycles. The van der Waals surface area contributed by atoms with Crippen LogP contribution in [0.5, 0.6) is 0 Å². The number of amides is 3. The van der Waals surface area contributed by atoms with Gasteiger partial charge in [0, 0.05) is 12.5 Å². The summed E-state index contributed by atoms with van der Waals surface area (Å²) in [5.74, 6) is -0.400. The highest BCUT2D eigenvalue weighted by atomic mass is 32.2. The molecule has 6 heteroatoms. The largest absolute Gasteiger partial charge is 0.353 e. The minimum Gasteiger partial charge on any atom is -0.353 e. The van der Waals surface area contributed by atoms with E-state index in [4.69, 9.17) is 0 Å². The van der Waals surface area contributed by atoms with Crippen molar-refractivity contribution in [2.24, 2.45) is 0 Å². The van der Waals surface area contributed by atoms with Crippen molar-refractivity contribution in [3.8, 4) is 0 Å². The van der Waals surface area contributed by atoms with E-state index in [0.717, 1.165) is 12.8 Å². The molecule has 0 bridgehead atoms. The van der Waals surface area contributed by atoms with Gasteiger partial charge >= 0.3 is 0 Å². The highest BCUT2D eigenvalue weighted by molar-refractivity contribution is 8.01. The van der Waals surface area contributed by atoms with Crippen LogP contribution in [0, 0.1) is 0 Å². The van der Waals surface area contributed by atoms with Gasteiger partial charge in [0.05, 0.1) is 16.7 Å². The quantitative estimate of drug-likeness (QED) is 0.696. The fraction of sp³-hybridized carbons (Fsp3) is 0.318. The van der Waals surface area contributed by atoms with Crippen molar-refractivity contribution in [2.45, 2.75) is 37.5 Å². The maximum absolute atomic E-state index is 12.6. The average Bonchev–Trinajstić information content (AvgIpc) is 2.99. The van der Waals surface area contributed by atoms with Gasteiger partial charge in [0.25, 0.3) is 0 Å². The first-order valence-corrected chi connectivity index (χ1v) is 10.5. The summed E-state index contributed by atoms with van der Waals surface area (Å²) in [7, 11) is 0. The van der Waals surface area contributed by atoms with E-state index in [1.807, 2.05) is 31.2 Å². The zero-order valence-corrected chi connectivity index (χ0v) is 16.7. The van der Waals surface area contributed by atoms with Crippen molar-refractivity contribution >= 4 is 35.2 Å². The van der Waals surface area contributed by atoms with Crippen molar-refractivity contribution in [3.05, 3.63) is 66.2 Å². The van der Waals surface area contributed by atoms with Crippen LogP contribution in [-0.2, 0) is 20.8 Å². The number of anilines is 1. The van der Waals surface area contributed by atoms with E-state index < -0.39 is 5.25 Å². The zero-order chi connectivity index (χ0) is 19.9. The summed E-state index contributed by atoms with van der Waals surface area (Å²) in [5.41, 5.74) is 1.83. The molecule has 2 atom stereocenters. The summed E-state index contributed by atoms with van der Waals surface area (Å²) in [4.78, 5) is 38.2. The second-order valence-electron chi connectivity index (χ2n) is 6.90. The van der Waals surface area contributed by atoms with Crippen LogP contribution in [0.1, 0.15) is 25.3 Å². The van der Waals surface area contributed by atoms with Gasteiger partial charge in [-0.25, -0.2) is 4.90 Å². The molecule has 2 aromatic rings. The molecule has 146 valence electrons. The first-order chi connectivity index (χ1) is 13.5. The van der Waals surface area contributed by atoms with Crippen LogP contribution in [0.15, 0.2) is 60.7 Å². The first-order valence-electron chi connectivity index (χ1n) is 9.41. The third kappa shape index (κ3) is 5.23. The fourth-order valence-corrected chi connectivity index (χ4v) is 4.12. The van der Waals surface area contributed by atoms with Crippen LogP contribution < -0.4 is 10.2 Å². The van der Waals surface area contributed by atoms with Crippen LogP contribution in [0.2, 0.25) is 0 Å². The Balaban J connectivity index is 1.44. The number of aryl methyl sites for hydroxylation is 1. The molecule has 3 rings (SSSR count). The number of imide groups is 1. The Bertz CT molecular complexity index is 826. The standard InChI is InChI=1S/C22H24N2O3S/c1-16(12-13-17-8-4-2-5-9-17)23-20(25)15-28-19-14-21(26)24(22(19)27)18-10-6-3-7-11-18/h2-11,16,19H,12-15H2,1H3,(H,23,25)/t16-,19-/m0/s1. The Morgan fingerprint density at radius 2 is 1.75 bits per heavy atom. The first kappa shape index (κ1) is 20.1. The van der Waals surface area contributed by atoms with E-state index in [2.05, 4.69) is 17.4 Å². The number of rotatable bonds is 8. The molecule has 1 saturated heterocycles. The van der Waals surface area contributed by atoms with Crippen LogP contribution in [0.3, 0.4) is 0 Å². The Labute approximate surface area is 169 Å². The van der Waals surface area contributed by atoms with Gasteiger partial charge in [-0.3, -0.25) is 14.4 Å². The minimum absolute atomic E-state index is 0.0510. The lowest BCUT2D eigenvalue weighted by Crippen LogP contribution is -2.35. The molecule has 1 aliphatic rings. The van der Waals surface area contributed by atoms with Crippen LogP contribution in [0.25, 0.3) is 0 Å². The molecule has 1 aliphatic heterocycles. The monoisotopic (exact) mass is 396 g/mol. The molecular formula is C22H24N2O3S. The normalized spacial score (nSPS) is 17.6. The van der Waals surface area contributed by atoms with Gasteiger partial charge in [0.2, 0.25) is 17.7 Å². The van der Waals surface area contributed by atoms with Crippen molar-refractivity contribution < 1.29 is 14.4 Å². The Kier molecular flexibility index (Phi) is 6.87. The van der Waals surface area contributed by atoms with Crippen LogP contribution >= 0.6 is 11.8 Å². The number of hydrogen-bond acceptors (Lipinski definition) is 4. The predicted molar refractivity (Wildman–Crippen MR) is 112 cm³/mol. The summed E-state index contributed by atoms with van der Waals surface area (Å²) >= 11 is 1.23. The third-order valence-electron chi connectivity index (χ3n) is 4.65. The van der Waals surface area contributed by atoms with Gasteiger partial charge in [0.1, 0.15) is 0 Å². The van der Waals surface area contributed by atoms with E-state index in [-0.39, 0.29) is 35.9 Å². The summed E-state index contributed by atoms with van der Waals surface area (Å²) in [6, 6.07) is 19.1. The molecule has 5 nitrogen and oxygen atoms in total. The van der Waals surface area contributed by atoms with Crippen LogP contribution in [0.4, 0.5) is 5.69 Å². The van der Waals surface area contributed by atoms with Gasteiger partial charge in [-0.2, -0.15) is 0 Å². The topological polar surface area (TPSA) is 66.5 Å². The number of carbonyl (C=O) groups excluding carboxylic acids is 3. The molecule has 0 radical (unpaired) electrons. The predicted octanol–water partition coefficient (Wildman–Crippen LogP) is 3.19. The maximum atomic E-state index is 12.6. The minimum atomic E-state index is -0.502. The summed E-state index contributed by atoms with van der Waals surface area (Å²) in [6.07, 6.45) is 1.88. The SMILES string of the molecule is C[C@@H](CCc1ccccc1)NC(=O)CS[C@H]1CC(=O)N(c2ccccc2)C1=O. The number of carbonyl (C=O) groups is 3. The number of thioether (sulfide) groups is 1. The Hall–Kier alpha value is -2.60. The number of para-hydroxylation sites is 1. The highest BCUT2D eigenvalue weighted by Gasteiger charge is 2.39. The van der Waals surface area contributed by atoms with E-state index in [1.165, 1.54) is 22.2 Å². The van der Waals surface area contributed by atoms with E-state index in [9.17, 15) is 14.4 Å². The molecule has 28 heavy (non-hydrogen) atoms. The van der Waals surface area contributed by atoms with Crippen LogP contribution in [-0.4, -0.2) is 34.8 Å². The molecule has 0 unspecified atom stereocenters. The Morgan fingerprint density at radius 3 is 2.43 bits per heavy atom. The molecule has 1 heterocycles. The maximum Gasteiger partial charge on any atom is 0.247 e. The van der Waals surface area contributed by atoms with E-state index in [1.54, 1.807) is 24.3 Å². The fourth-order valence-electron chi connectivity index (χ4n) is 3.18. The van der Waals surface area contributed by atoms with Gasteiger partial charge in [-0.15, -0.1) is 11.8 Å². The number of hydrogen-bond donors (Lipinski definition) is 1. The van der Waals surface area contributed by atoms with Gasteiger partial charge in [-0.1, -0.05) is 48.5 Å². The lowest BCUT2D eigenvalue weighted by atomic mass is 10.1.